The Morgan fingerprint density at radius 1 is 1.04 bits per heavy atom. The molecule has 0 radical (unpaired) electrons. The first-order valence-electron chi connectivity index (χ1n) is 15.0. The maximum absolute atomic E-state index is 15.6. The number of ketones is 1. The van der Waals surface area contributed by atoms with E-state index >= 15 is 4.39 Å². The quantitative estimate of drug-likeness (QED) is 0.168. The van der Waals surface area contributed by atoms with Gasteiger partial charge in [-0.15, -0.1) is 0 Å². The SMILES string of the molecule is COc1ccc(Cn2c(=O)c3c(Nc4cccc(C(=O)C5CCC(O)C5)c4)c(C)c(=O)n(C)c3n(-c3ccc(I)cc3F)c2=O)cc1. The smallest absolute Gasteiger partial charge is 0.337 e. The van der Waals surface area contributed by atoms with Gasteiger partial charge < -0.3 is 15.2 Å². The zero-order valence-corrected chi connectivity index (χ0v) is 28.1. The summed E-state index contributed by atoms with van der Waals surface area (Å²) in [5, 5.41) is 13.1. The van der Waals surface area contributed by atoms with Gasteiger partial charge in [0.1, 0.15) is 22.6 Å². The fraction of sp³-hybridized carbons (Fsp3) is 0.257. The molecule has 2 heterocycles. The molecule has 12 heteroatoms. The molecule has 0 amide bonds. The van der Waals surface area contributed by atoms with Gasteiger partial charge in [0, 0.05) is 33.4 Å². The molecule has 1 aliphatic carbocycles. The second-order valence-electron chi connectivity index (χ2n) is 11.7. The third-order valence-corrected chi connectivity index (χ3v) is 9.40. The molecule has 2 atom stereocenters. The van der Waals surface area contributed by atoms with Gasteiger partial charge in [-0.05, 0) is 96.8 Å². The largest absolute Gasteiger partial charge is 0.497 e. The lowest BCUT2D eigenvalue weighted by molar-refractivity contribution is 0.0906. The lowest BCUT2D eigenvalue weighted by Crippen LogP contribution is -2.42. The topological polar surface area (TPSA) is 125 Å². The summed E-state index contributed by atoms with van der Waals surface area (Å²) in [6, 6.07) is 17.9. The van der Waals surface area contributed by atoms with Gasteiger partial charge in [0.05, 0.1) is 31.1 Å². The van der Waals surface area contributed by atoms with Crippen LogP contribution in [-0.4, -0.2) is 37.8 Å². The van der Waals surface area contributed by atoms with E-state index in [0.717, 1.165) is 9.13 Å². The van der Waals surface area contributed by atoms with Crippen molar-refractivity contribution in [1.29, 1.82) is 0 Å². The standard InChI is InChI=1S/C35H32FIN4O6/c1-19-30(38-24-6-4-5-21(15-24)31(43)22-9-11-25(42)16-22)29-32(39(2)33(19)44)41(28-14-10-23(37)17-27(28)36)35(46)40(34(29)45)18-20-7-12-26(47-3)13-8-20/h4-8,10,12-15,17,22,25,38,42H,9,11,16,18H2,1-3H3. The van der Waals surface area contributed by atoms with E-state index in [1.54, 1.807) is 61.5 Å². The van der Waals surface area contributed by atoms with Crippen LogP contribution in [0.2, 0.25) is 0 Å². The van der Waals surface area contributed by atoms with Crippen LogP contribution >= 0.6 is 22.6 Å². The Morgan fingerprint density at radius 2 is 1.79 bits per heavy atom. The first-order chi connectivity index (χ1) is 22.5. The number of benzene rings is 3. The number of aliphatic hydroxyl groups is 1. The minimum absolute atomic E-state index is 0.00805. The number of methoxy groups -OCH3 is 1. The molecule has 1 fully saturated rings. The van der Waals surface area contributed by atoms with Crippen molar-refractivity contribution in [2.45, 2.75) is 38.8 Å². The highest BCUT2D eigenvalue weighted by Crippen LogP contribution is 2.31. The minimum atomic E-state index is -0.824. The molecule has 5 aromatic rings. The molecule has 1 aliphatic rings. The summed E-state index contributed by atoms with van der Waals surface area (Å²) in [5.41, 5.74) is -0.408. The van der Waals surface area contributed by atoms with Crippen molar-refractivity contribution in [1.82, 2.24) is 13.7 Å². The molecule has 6 rings (SSSR count). The summed E-state index contributed by atoms with van der Waals surface area (Å²) >= 11 is 1.96. The maximum atomic E-state index is 15.6. The molecule has 0 spiro atoms. The zero-order chi connectivity index (χ0) is 33.6. The predicted octanol–water partition coefficient (Wildman–Crippen LogP) is 5.05. The van der Waals surface area contributed by atoms with E-state index in [2.05, 4.69) is 5.32 Å². The van der Waals surface area contributed by atoms with Crippen LogP contribution in [0.4, 0.5) is 15.8 Å². The van der Waals surface area contributed by atoms with E-state index < -0.39 is 28.7 Å². The van der Waals surface area contributed by atoms with Crippen molar-refractivity contribution in [3.8, 4) is 11.4 Å². The molecule has 3 aromatic carbocycles. The molecule has 1 saturated carbocycles. The second kappa shape index (κ2) is 12.9. The van der Waals surface area contributed by atoms with Crippen LogP contribution in [0, 0.1) is 22.2 Å². The van der Waals surface area contributed by atoms with Crippen molar-refractivity contribution in [3.63, 3.8) is 0 Å². The third-order valence-electron chi connectivity index (χ3n) is 8.73. The number of anilines is 2. The number of carbonyl (C=O) groups is 1. The van der Waals surface area contributed by atoms with E-state index in [1.165, 1.54) is 30.9 Å². The molecule has 0 aliphatic heterocycles. The summed E-state index contributed by atoms with van der Waals surface area (Å²) in [7, 11) is 2.97. The fourth-order valence-corrected chi connectivity index (χ4v) is 6.69. The van der Waals surface area contributed by atoms with Crippen LogP contribution < -0.4 is 26.9 Å². The summed E-state index contributed by atoms with van der Waals surface area (Å²) in [5.74, 6) is -0.503. The number of carbonyl (C=O) groups excluding carboxylic acids is 1. The number of Topliss-reactive ketones (excluding diaryl/α,β-unsaturated/α-hetero) is 1. The average Bonchev–Trinajstić information content (AvgIpc) is 3.50. The zero-order valence-electron chi connectivity index (χ0n) is 25.9. The van der Waals surface area contributed by atoms with Gasteiger partial charge in [-0.1, -0.05) is 24.3 Å². The third kappa shape index (κ3) is 6.02. The number of nitrogens with zero attached hydrogens (tertiary/aromatic N) is 3. The number of aliphatic hydroxyl groups excluding tert-OH is 1. The van der Waals surface area contributed by atoms with Gasteiger partial charge in [-0.3, -0.25) is 23.5 Å². The van der Waals surface area contributed by atoms with Crippen LogP contribution in [0.25, 0.3) is 16.7 Å². The highest BCUT2D eigenvalue weighted by Gasteiger charge is 2.30. The van der Waals surface area contributed by atoms with E-state index in [0.29, 0.717) is 45.4 Å². The number of aryl methyl sites for hydroxylation is 1. The number of ether oxygens (including phenoxy) is 1. The van der Waals surface area contributed by atoms with E-state index in [4.69, 9.17) is 4.74 Å². The Morgan fingerprint density at radius 3 is 2.45 bits per heavy atom. The highest BCUT2D eigenvalue weighted by molar-refractivity contribution is 14.1. The number of rotatable bonds is 8. The monoisotopic (exact) mass is 750 g/mol. The Labute approximate surface area is 282 Å². The van der Waals surface area contributed by atoms with Gasteiger partial charge in [-0.2, -0.15) is 0 Å². The minimum Gasteiger partial charge on any atom is -0.497 e. The van der Waals surface area contributed by atoms with Crippen LogP contribution in [0.5, 0.6) is 5.75 Å². The van der Waals surface area contributed by atoms with E-state index in [9.17, 15) is 24.3 Å². The molecular weight excluding hydrogens is 718 g/mol. The van der Waals surface area contributed by atoms with Crippen LogP contribution in [-0.2, 0) is 13.6 Å². The Bertz CT molecular complexity index is 2220. The van der Waals surface area contributed by atoms with Crippen LogP contribution in [0.3, 0.4) is 0 Å². The second-order valence-corrected chi connectivity index (χ2v) is 13.0. The first kappa shape index (κ1) is 32.4. The number of nitrogens with one attached hydrogen (secondary N) is 1. The van der Waals surface area contributed by atoms with E-state index in [1.807, 2.05) is 22.6 Å². The Kier molecular flexibility index (Phi) is 8.90. The lowest BCUT2D eigenvalue weighted by atomic mass is 9.96. The highest BCUT2D eigenvalue weighted by atomic mass is 127. The number of aromatic nitrogens is 3. The molecule has 0 saturated heterocycles. The van der Waals surface area contributed by atoms with Gasteiger partial charge in [0.25, 0.3) is 11.1 Å². The first-order valence-corrected chi connectivity index (χ1v) is 16.1. The molecule has 242 valence electrons. The van der Waals surface area contributed by atoms with Gasteiger partial charge >= 0.3 is 5.69 Å². The average molecular weight is 751 g/mol. The predicted molar refractivity (Wildman–Crippen MR) is 186 cm³/mol. The van der Waals surface area contributed by atoms with Crippen molar-refractivity contribution in [2.24, 2.45) is 13.0 Å². The van der Waals surface area contributed by atoms with Gasteiger partial charge in [0.15, 0.2) is 5.78 Å². The number of hydrogen-bond acceptors (Lipinski definition) is 7. The summed E-state index contributed by atoms with van der Waals surface area (Å²) < 4.78 is 24.7. The Hall–Kier alpha value is -4.56. The molecule has 2 unspecified atom stereocenters. The van der Waals surface area contributed by atoms with Crippen molar-refractivity contribution < 1.29 is 19.0 Å². The number of halogens is 2. The Balaban J connectivity index is 1.60. The number of fused-ring (bicyclic) bond motifs is 1. The van der Waals surface area contributed by atoms with Crippen molar-refractivity contribution >= 4 is 50.8 Å². The number of hydrogen-bond donors (Lipinski definition) is 2. The molecule has 47 heavy (non-hydrogen) atoms. The molecule has 10 nitrogen and oxygen atoms in total. The summed E-state index contributed by atoms with van der Waals surface area (Å²) in [6.07, 6.45) is 1.06. The van der Waals surface area contributed by atoms with Crippen molar-refractivity contribution in [2.75, 3.05) is 12.4 Å². The normalized spacial score (nSPS) is 16.0. The van der Waals surface area contributed by atoms with Gasteiger partial charge in [0.2, 0.25) is 0 Å². The van der Waals surface area contributed by atoms with Gasteiger partial charge in [-0.25, -0.2) is 13.8 Å². The number of pyridine rings is 1. The molecule has 0 bridgehead atoms. The van der Waals surface area contributed by atoms with Crippen molar-refractivity contribution in [3.05, 3.63) is 124 Å². The molecule has 2 aromatic heterocycles. The van der Waals surface area contributed by atoms with E-state index in [-0.39, 0.29) is 46.2 Å². The fourth-order valence-electron chi connectivity index (χ4n) is 6.23. The van der Waals surface area contributed by atoms with Crippen LogP contribution in [0.15, 0.2) is 81.1 Å². The van der Waals surface area contributed by atoms with Crippen LogP contribution in [0.1, 0.15) is 40.7 Å². The molecular formula is C35H32FIN4O6. The molecule has 2 N–H and O–H groups in total. The summed E-state index contributed by atoms with van der Waals surface area (Å²) in [6.45, 7) is 1.43. The lowest BCUT2D eigenvalue weighted by Gasteiger charge is -2.21. The summed E-state index contributed by atoms with van der Waals surface area (Å²) in [4.78, 5) is 55.5. The maximum Gasteiger partial charge on any atom is 0.337 e.